The van der Waals surface area contributed by atoms with Crippen molar-refractivity contribution >= 4 is 44.4 Å². The van der Waals surface area contributed by atoms with Gasteiger partial charge in [-0.2, -0.15) is 0 Å². The number of pyridine rings is 1. The fourth-order valence-corrected chi connectivity index (χ4v) is 5.59. The number of nitro groups is 1. The predicted molar refractivity (Wildman–Crippen MR) is 152 cm³/mol. The molecule has 1 aliphatic heterocycles. The van der Waals surface area contributed by atoms with Gasteiger partial charge in [0.2, 0.25) is 10.0 Å². The van der Waals surface area contributed by atoms with Crippen LogP contribution in [0.2, 0.25) is 0 Å². The molecular formula is C26H24N6O5S2. The van der Waals surface area contributed by atoms with Crippen LogP contribution in [-0.4, -0.2) is 41.4 Å². The van der Waals surface area contributed by atoms with Crippen molar-refractivity contribution in [2.75, 3.05) is 23.0 Å². The lowest BCUT2D eigenvalue weighted by molar-refractivity contribution is -0.384. The lowest BCUT2D eigenvalue weighted by Crippen LogP contribution is -2.30. The average Bonchev–Trinajstić information content (AvgIpc) is 3.53. The minimum Gasteiger partial charge on any atom is -0.494 e. The van der Waals surface area contributed by atoms with Gasteiger partial charge in [-0.3, -0.25) is 19.8 Å². The summed E-state index contributed by atoms with van der Waals surface area (Å²) in [6.45, 7) is 0. The molecule has 4 aromatic rings. The number of hydrogen-bond acceptors (Lipinski definition) is 7. The topological polar surface area (TPSA) is 132 Å². The molecule has 1 aliphatic rings. The number of anilines is 2. The van der Waals surface area contributed by atoms with Gasteiger partial charge in [0.05, 0.1) is 41.4 Å². The smallest absolute Gasteiger partial charge is 0.271 e. The summed E-state index contributed by atoms with van der Waals surface area (Å²) < 4.78 is 33.5. The quantitative estimate of drug-likeness (QED) is 0.182. The summed E-state index contributed by atoms with van der Waals surface area (Å²) >= 11 is 5.80. The zero-order valence-electron chi connectivity index (χ0n) is 20.9. The number of nitro benzene ring substituents is 1. The molecule has 13 heteroatoms. The van der Waals surface area contributed by atoms with E-state index in [1.165, 1.54) is 19.2 Å². The highest BCUT2D eigenvalue weighted by Gasteiger charge is 2.42. The summed E-state index contributed by atoms with van der Waals surface area (Å²) in [6, 6.07) is 20.1. The van der Waals surface area contributed by atoms with Crippen molar-refractivity contribution in [2.24, 2.45) is 0 Å². The van der Waals surface area contributed by atoms with Gasteiger partial charge in [0.1, 0.15) is 11.8 Å². The second-order valence-electron chi connectivity index (χ2n) is 8.84. The average molecular weight is 565 g/mol. The molecule has 0 radical (unpaired) electrons. The van der Waals surface area contributed by atoms with Gasteiger partial charge in [-0.15, -0.1) is 0 Å². The third kappa shape index (κ3) is 5.26. The molecule has 2 aromatic heterocycles. The summed E-state index contributed by atoms with van der Waals surface area (Å²) in [6.07, 6.45) is 4.60. The lowest BCUT2D eigenvalue weighted by atomic mass is 10.0. The largest absolute Gasteiger partial charge is 0.494 e. The van der Waals surface area contributed by atoms with E-state index in [0.29, 0.717) is 27.9 Å². The summed E-state index contributed by atoms with van der Waals surface area (Å²) in [5.74, 6) is 0.315. The van der Waals surface area contributed by atoms with E-state index in [1.54, 1.807) is 36.5 Å². The summed E-state index contributed by atoms with van der Waals surface area (Å²) in [5, 5.41) is 15.3. The molecule has 0 saturated carbocycles. The van der Waals surface area contributed by atoms with Crippen LogP contribution in [0.4, 0.5) is 17.1 Å². The van der Waals surface area contributed by atoms with Crippen molar-refractivity contribution in [3.63, 3.8) is 0 Å². The molecule has 39 heavy (non-hydrogen) atoms. The van der Waals surface area contributed by atoms with Gasteiger partial charge in [-0.25, -0.2) is 8.42 Å². The number of aromatic nitrogens is 2. The zero-order chi connectivity index (χ0) is 27.7. The van der Waals surface area contributed by atoms with Gasteiger partial charge in [-0.1, -0.05) is 12.1 Å². The van der Waals surface area contributed by atoms with Crippen molar-refractivity contribution in [3.8, 4) is 11.4 Å². The number of rotatable bonds is 8. The van der Waals surface area contributed by atoms with Crippen LogP contribution in [0.1, 0.15) is 23.5 Å². The monoisotopic (exact) mass is 564 g/mol. The van der Waals surface area contributed by atoms with E-state index < -0.39 is 21.0 Å². The molecule has 0 unspecified atom stereocenters. The van der Waals surface area contributed by atoms with Crippen LogP contribution in [0.25, 0.3) is 5.69 Å². The Morgan fingerprint density at radius 2 is 1.90 bits per heavy atom. The van der Waals surface area contributed by atoms with E-state index in [2.05, 4.69) is 15.0 Å². The Kier molecular flexibility index (Phi) is 6.93. The number of methoxy groups -OCH3 is 1. The van der Waals surface area contributed by atoms with E-state index in [4.69, 9.17) is 17.0 Å². The second kappa shape index (κ2) is 10.3. The van der Waals surface area contributed by atoms with Gasteiger partial charge in [-0.05, 0) is 54.7 Å². The van der Waals surface area contributed by atoms with E-state index in [-0.39, 0.29) is 11.7 Å². The van der Waals surface area contributed by atoms with Crippen molar-refractivity contribution < 1.29 is 18.1 Å². The van der Waals surface area contributed by atoms with Gasteiger partial charge in [0, 0.05) is 42.0 Å². The highest BCUT2D eigenvalue weighted by molar-refractivity contribution is 7.92. The lowest BCUT2D eigenvalue weighted by Gasteiger charge is -2.29. The fraction of sp³-hybridized carbons (Fsp3) is 0.154. The van der Waals surface area contributed by atoms with Gasteiger partial charge in [0.15, 0.2) is 5.11 Å². The Bertz CT molecular complexity index is 1660. The minimum absolute atomic E-state index is 0.0240. The van der Waals surface area contributed by atoms with Crippen LogP contribution in [-0.2, 0) is 10.0 Å². The first-order valence-electron chi connectivity index (χ1n) is 11.7. The molecular weight excluding hydrogens is 540 g/mol. The minimum atomic E-state index is -3.53. The summed E-state index contributed by atoms with van der Waals surface area (Å²) in [4.78, 5) is 17.5. The van der Waals surface area contributed by atoms with Crippen molar-refractivity contribution in [2.45, 2.75) is 12.1 Å². The molecule has 0 amide bonds. The maximum absolute atomic E-state index is 11.8. The maximum Gasteiger partial charge on any atom is 0.271 e. The summed E-state index contributed by atoms with van der Waals surface area (Å²) in [5.41, 5.74) is 3.09. The fourth-order valence-electron chi connectivity index (χ4n) is 4.67. The molecule has 2 aromatic carbocycles. The molecule has 1 fully saturated rings. The third-order valence-electron chi connectivity index (χ3n) is 6.26. The number of sulfonamides is 1. The number of nitrogens with zero attached hydrogens (tertiary/aromatic N) is 4. The van der Waals surface area contributed by atoms with Crippen LogP contribution >= 0.6 is 12.2 Å². The Hall–Kier alpha value is -4.49. The number of nitrogens with one attached hydrogen (secondary N) is 2. The second-order valence-corrected chi connectivity index (χ2v) is 11.0. The predicted octanol–water partition coefficient (Wildman–Crippen LogP) is 4.34. The molecule has 5 rings (SSSR count). The third-order valence-corrected chi connectivity index (χ3v) is 7.16. The molecule has 200 valence electrons. The number of thiocarbonyl (C=S) groups is 1. The van der Waals surface area contributed by atoms with Crippen molar-refractivity contribution in [3.05, 3.63) is 107 Å². The van der Waals surface area contributed by atoms with Crippen molar-refractivity contribution in [1.82, 2.24) is 14.9 Å². The zero-order valence-corrected chi connectivity index (χ0v) is 22.5. The molecule has 0 spiro atoms. The first-order chi connectivity index (χ1) is 18.7. The standard InChI is InChI=1S/C26H24N6O5S2/c1-37-23-16-18(11-12-20(23)29-39(2,35)36)31-25(24(28-26(31)38)21-9-3-4-13-27-21)22-10-6-14-30(22)17-7-5-8-19(15-17)32(33)34/h3-16,24-25,29H,1-2H3,(H,28,38)/t24-,25-/m0/s1. The van der Waals surface area contributed by atoms with E-state index in [9.17, 15) is 18.5 Å². The van der Waals surface area contributed by atoms with Gasteiger partial charge >= 0.3 is 0 Å². The molecule has 0 bridgehead atoms. The van der Waals surface area contributed by atoms with Crippen LogP contribution in [0, 0.1) is 10.1 Å². The highest BCUT2D eigenvalue weighted by Crippen LogP contribution is 2.44. The SMILES string of the molecule is COc1cc(N2C(=S)N[C@@H](c3ccccn3)[C@@H]2c2cccn2-c2cccc([N+](=O)[O-])c2)ccc1NS(C)(=O)=O. The Morgan fingerprint density at radius 3 is 2.59 bits per heavy atom. The van der Waals surface area contributed by atoms with Crippen molar-refractivity contribution in [1.29, 1.82) is 0 Å². The Balaban J connectivity index is 1.65. The van der Waals surface area contributed by atoms with Crippen LogP contribution in [0.3, 0.4) is 0 Å². The molecule has 2 atom stereocenters. The number of ether oxygens (including phenoxy) is 1. The van der Waals surface area contributed by atoms with E-state index in [1.807, 2.05) is 46.0 Å². The Morgan fingerprint density at radius 1 is 1.08 bits per heavy atom. The first-order valence-corrected chi connectivity index (χ1v) is 14.0. The highest BCUT2D eigenvalue weighted by atomic mass is 32.2. The van der Waals surface area contributed by atoms with E-state index >= 15 is 0 Å². The molecule has 2 N–H and O–H groups in total. The first kappa shape index (κ1) is 26.1. The number of hydrogen-bond donors (Lipinski definition) is 2. The normalized spacial score (nSPS) is 17.1. The van der Waals surface area contributed by atoms with Gasteiger partial charge < -0.3 is 19.5 Å². The number of benzene rings is 2. The molecule has 11 nitrogen and oxygen atoms in total. The van der Waals surface area contributed by atoms with Crippen LogP contribution < -0.4 is 19.7 Å². The van der Waals surface area contributed by atoms with Crippen LogP contribution in [0.5, 0.6) is 5.75 Å². The van der Waals surface area contributed by atoms with Gasteiger partial charge in [0.25, 0.3) is 5.69 Å². The van der Waals surface area contributed by atoms with Crippen LogP contribution in [0.15, 0.2) is 85.2 Å². The molecule has 1 saturated heterocycles. The molecule has 0 aliphatic carbocycles. The Labute approximate surface area is 230 Å². The number of non-ortho nitro benzene ring substituents is 1. The molecule has 3 heterocycles. The summed E-state index contributed by atoms with van der Waals surface area (Å²) in [7, 11) is -2.08. The van der Waals surface area contributed by atoms with E-state index in [0.717, 1.165) is 17.6 Å². The maximum atomic E-state index is 11.8.